The molecule has 0 unspecified atom stereocenters. The van der Waals surface area contributed by atoms with Gasteiger partial charge in [-0.1, -0.05) is 30.4 Å². The fraction of sp³-hybridized carbons (Fsp3) is 0.385. The van der Waals surface area contributed by atoms with Crippen LogP contribution in [0.3, 0.4) is 0 Å². The van der Waals surface area contributed by atoms with E-state index in [1.165, 1.54) is 0 Å². The Morgan fingerprint density at radius 3 is 2.43 bits per heavy atom. The Hall–Kier alpha value is -1.83. The topological polar surface area (TPSA) is 58.4 Å². The van der Waals surface area contributed by atoms with Crippen LogP contribution in [0.1, 0.15) is 6.42 Å². The van der Waals surface area contributed by atoms with Gasteiger partial charge in [-0.25, -0.2) is 0 Å². The van der Waals surface area contributed by atoms with Gasteiger partial charge in [0.25, 0.3) is 0 Å². The quantitative estimate of drug-likeness (QED) is 0.753. The highest BCUT2D eigenvalue weighted by atomic mass is 32.1. The number of nitrogens with one attached hydrogen (secondary N) is 1. The molecular weight excluding hydrogens is 303 g/mol. The summed E-state index contributed by atoms with van der Waals surface area (Å²) in [4.78, 5) is 13.5. The summed E-state index contributed by atoms with van der Waals surface area (Å²) in [5.74, 6) is -0.709. The van der Waals surface area contributed by atoms with E-state index < -0.39 is 18.6 Å². The highest BCUT2D eigenvalue weighted by Gasteiger charge is 2.28. The lowest BCUT2D eigenvalue weighted by Crippen LogP contribution is -2.42. The zero-order chi connectivity index (χ0) is 15.9. The van der Waals surface area contributed by atoms with E-state index in [1.807, 2.05) is 5.32 Å². The van der Waals surface area contributed by atoms with E-state index in [9.17, 15) is 18.0 Å². The van der Waals surface area contributed by atoms with E-state index in [2.05, 4.69) is 0 Å². The summed E-state index contributed by atoms with van der Waals surface area (Å²) >= 11 is 4.78. The minimum atomic E-state index is -4.42. The van der Waals surface area contributed by atoms with Crippen LogP contribution in [0, 0.1) is 0 Å². The first-order valence-electron chi connectivity index (χ1n) is 6.19. The van der Waals surface area contributed by atoms with Crippen LogP contribution in [0.25, 0.3) is 0 Å². The van der Waals surface area contributed by atoms with Crippen molar-refractivity contribution in [3.63, 3.8) is 0 Å². The molecule has 0 saturated carbocycles. The maximum absolute atomic E-state index is 12.1. The molecule has 4 nitrogen and oxygen atoms in total. The highest BCUT2D eigenvalue weighted by Crippen LogP contribution is 2.14. The van der Waals surface area contributed by atoms with E-state index in [4.69, 9.17) is 18.0 Å². The van der Waals surface area contributed by atoms with Crippen molar-refractivity contribution in [2.24, 2.45) is 5.73 Å². The minimum Gasteiger partial charge on any atom is -0.393 e. The number of carbonyl (C=O) groups excluding carboxylic acids is 1. The SMILES string of the molecule is NC(=S)CCN(CC(=O)NCC(F)(F)F)c1ccccc1. The number of nitrogens with zero attached hydrogens (tertiary/aromatic N) is 1. The van der Waals surface area contributed by atoms with Crippen LogP contribution in [0.2, 0.25) is 0 Å². The molecule has 8 heteroatoms. The number of carbonyl (C=O) groups is 1. The first kappa shape index (κ1) is 17.2. The van der Waals surface area contributed by atoms with E-state index >= 15 is 0 Å². The van der Waals surface area contributed by atoms with Gasteiger partial charge in [-0.2, -0.15) is 13.2 Å². The summed E-state index contributed by atoms with van der Waals surface area (Å²) in [5, 5.41) is 1.84. The summed E-state index contributed by atoms with van der Waals surface area (Å²) in [6, 6.07) is 8.87. The molecule has 1 rings (SSSR count). The van der Waals surface area contributed by atoms with E-state index in [0.717, 1.165) is 5.69 Å². The van der Waals surface area contributed by atoms with Gasteiger partial charge in [0, 0.05) is 18.7 Å². The smallest absolute Gasteiger partial charge is 0.393 e. The van der Waals surface area contributed by atoms with Gasteiger partial charge in [-0.3, -0.25) is 4.79 Å². The second kappa shape index (κ2) is 7.82. The summed E-state index contributed by atoms with van der Waals surface area (Å²) < 4.78 is 36.2. The number of halogens is 3. The molecule has 0 bridgehead atoms. The average Bonchev–Trinajstić information content (AvgIpc) is 2.41. The molecule has 0 aliphatic rings. The number of hydrogen-bond acceptors (Lipinski definition) is 3. The van der Waals surface area contributed by atoms with Gasteiger partial charge in [0.15, 0.2) is 0 Å². The van der Waals surface area contributed by atoms with Crippen LogP contribution in [0.4, 0.5) is 18.9 Å². The Labute approximate surface area is 126 Å². The summed E-state index contributed by atoms with van der Waals surface area (Å²) in [5.41, 5.74) is 6.14. The molecule has 116 valence electrons. The highest BCUT2D eigenvalue weighted by molar-refractivity contribution is 7.80. The number of hydrogen-bond donors (Lipinski definition) is 2. The zero-order valence-electron chi connectivity index (χ0n) is 11.2. The predicted octanol–water partition coefficient (Wildman–Crippen LogP) is 1.85. The number of benzene rings is 1. The first-order valence-corrected chi connectivity index (χ1v) is 6.60. The number of thiocarbonyl (C=S) groups is 1. The van der Waals surface area contributed by atoms with Gasteiger partial charge < -0.3 is 16.0 Å². The second-order valence-corrected chi connectivity index (χ2v) is 4.89. The molecule has 1 amide bonds. The second-order valence-electron chi connectivity index (χ2n) is 4.37. The molecule has 0 heterocycles. The van der Waals surface area contributed by atoms with Crippen molar-refractivity contribution in [1.82, 2.24) is 5.32 Å². The third-order valence-electron chi connectivity index (χ3n) is 2.57. The lowest BCUT2D eigenvalue weighted by atomic mass is 10.2. The molecule has 0 aromatic heterocycles. The Balaban J connectivity index is 2.64. The van der Waals surface area contributed by atoms with Gasteiger partial charge in [-0.15, -0.1) is 0 Å². The summed E-state index contributed by atoms with van der Waals surface area (Å²) in [6.07, 6.45) is -4.05. The van der Waals surface area contributed by atoms with Gasteiger partial charge in [0.2, 0.25) is 5.91 Å². The molecular formula is C13H16F3N3OS. The van der Waals surface area contributed by atoms with Crippen LogP contribution in [-0.4, -0.2) is 36.7 Å². The van der Waals surface area contributed by atoms with Crippen LogP contribution in [0.15, 0.2) is 30.3 Å². The third-order valence-corrected chi connectivity index (χ3v) is 2.77. The molecule has 1 aromatic rings. The largest absolute Gasteiger partial charge is 0.405 e. The molecule has 0 saturated heterocycles. The van der Waals surface area contributed by atoms with Gasteiger partial charge in [0.1, 0.15) is 6.54 Å². The fourth-order valence-electron chi connectivity index (χ4n) is 1.61. The van der Waals surface area contributed by atoms with E-state index in [1.54, 1.807) is 35.2 Å². The predicted molar refractivity (Wildman–Crippen MR) is 79.1 cm³/mol. The number of nitrogens with two attached hydrogens (primary N) is 1. The fourth-order valence-corrected chi connectivity index (χ4v) is 1.70. The molecule has 0 fully saturated rings. The van der Waals surface area contributed by atoms with Crippen molar-refractivity contribution in [2.45, 2.75) is 12.6 Å². The Morgan fingerprint density at radius 1 is 1.29 bits per heavy atom. The third kappa shape index (κ3) is 7.50. The monoisotopic (exact) mass is 319 g/mol. The molecule has 0 aliphatic carbocycles. The lowest BCUT2D eigenvalue weighted by Gasteiger charge is -2.24. The number of amides is 1. The molecule has 21 heavy (non-hydrogen) atoms. The van der Waals surface area contributed by atoms with Crippen LogP contribution < -0.4 is 16.0 Å². The minimum absolute atomic E-state index is 0.192. The Bertz CT molecular complexity index is 479. The van der Waals surface area contributed by atoms with Gasteiger partial charge in [0.05, 0.1) is 11.5 Å². The molecule has 1 aromatic carbocycles. The maximum atomic E-state index is 12.1. The summed E-state index contributed by atoms with van der Waals surface area (Å²) in [7, 11) is 0. The van der Waals surface area contributed by atoms with Crippen LogP contribution in [-0.2, 0) is 4.79 Å². The Morgan fingerprint density at radius 2 is 1.90 bits per heavy atom. The van der Waals surface area contributed by atoms with Crippen molar-refractivity contribution >= 4 is 28.8 Å². The average molecular weight is 319 g/mol. The van der Waals surface area contributed by atoms with Crippen molar-refractivity contribution < 1.29 is 18.0 Å². The number of para-hydroxylation sites is 1. The maximum Gasteiger partial charge on any atom is 0.405 e. The number of anilines is 1. The van der Waals surface area contributed by atoms with E-state index in [0.29, 0.717) is 13.0 Å². The standard InChI is InChI=1S/C13H16F3N3OS/c14-13(15,16)9-18-12(20)8-19(7-6-11(17)21)10-4-2-1-3-5-10/h1-5H,6-9H2,(H2,17,21)(H,18,20). The van der Waals surface area contributed by atoms with Gasteiger partial charge >= 0.3 is 6.18 Å². The zero-order valence-corrected chi connectivity index (χ0v) is 12.0. The van der Waals surface area contributed by atoms with Crippen molar-refractivity contribution in [2.75, 3.05) is 24.5 Å². The molecule has 0 aliphatic heterocycles. The normalized spacial score (nSPS) is 11.0. The van der Waals surface area contributed by atoms with Crippen LogP contribution in [0.5, 0.6) is 0 Å². The summed E-state index contributed by atoms with van der Waals surface area (Å²) in [6.45, 7) is -1.18. The lowest BCUT2D eigenvalue weighted by molar-refractivity contribution is -0.137. The molecule has 0 atom stereocenters. The van der Waals surface area contributed by atoms with Gasteiger partial charge in [-0.05, 0) is 12.1 Å². The van der Waals surface area contributed by atoms with E-state index in [-0.39, 0.29) is 11.5 Å². The van der Waals surface area contributed by atoms with Crippen molar-refractivity contribution in [1.29, 1.82) is 0 Å². The van der Waals surface area contributed by atoms with Crippen LogP contribution >= 0.6 is 12.2 Å². The number of alkyl halides is 3. The van der Waals surface area contributed by atoms with Crippen molar-refractivity contribution in [3.05, 3.63) is 30.3 Å². The molecule has 3 N–H and O–H groups in total. The molecule has 0 spiro atoms. The number of rotatable bonds is 7. The first-order chi connectivity index (χ1) is 9.78. The Kier molecular flexibility index (Phi) is 6.41. The molecule has 0 radical (unpaired) electrons. The van der Waals surface area contributed by atoms with Crippen molar-refractivity contribution in [3.8, 4) is 0 Å².